The Balaban J connectivity index is 1.52. The van der Waals surface area contributed by atoms with Gasteiger partial charge in [0.1, 0.15) is 35.4 Å². The van der Waals surface area contributed by atoms with Gasteiger partial charge in [0.2, 0.25) is 0 Å². The Bertz CT molecular complexity index is 1470. The van der Waals surface area contributed by atoms with E-state index in [1.54, 1.807) is 52.4 Å². The average molecular weight is 624 g/mol. The summed E-state index contributed by atoms with van der Waals surface area (Å²) >= 11 is 0. The lowest BCUT2D eigenvalue weighted by molar-refractivity contribution is 0.0429. The van der Waals surface area contributed by atoms with E-state index in [1.807, 2.05) is 67.6 Å². The largest absolute Gasteiger partial charge is 0.443 e. The summed E-state index contributed by atoms with van der Waals surface area (Å²) in [6.07, 6.45) is 0.797. The Hall–Kier alpha value is -4.28. The second kappa shape index (κ2) is 14.0. The molecule has 13 heteroatoms. The maximum Gasteiger partial charge on any atom is 0.425 e. The average Bonchev–Trinajstić information content (AvgIpc) is 3.34. The normalized spacial score (nSPS) is 12.5. The smallest absolute Gasteiger partial charge is 0.425 e. The second-order valence-corrected chi connectivity index (χ2v) is 13.1. The predicted molar refractivity (Wildman–Crippen MR) is 167 cm³/mol. The number of imide groups is 1. The van der Waals surface area contributed by atoms with Gasteiger partial charge in [-0.3, -0.25) is 0 Å². The van der Waals surface area contributed by atoms with Gasteiger partial charge in [-0.05, 0) is 72.7 Å². The first kappa shape index (κ1) is 32.6. The topological polar surface area (TPSA) is 127 Å². The molecule has 0 bridgehead atoms. The number of rotatable bonds is 10. The molecule has 0 N–H and O–H groups in total. The number of para-hydroxylation sites is 2. The fourth-order valence-corrected chi connectivity index (χ4v) is 5.05. The van der Waals surface area contributed by atoms with Crippen LogP contribution in [0.5, 0.6) is 11.5 Å². The highest BCUT2D eigenvalue weighted by Gasteiger charge is 2.35. The van der Waals surface area contributed by atoms with Gasteiger partial charge in [-0.25, -0.2) is 24.5 Å². The van der Waals surface area contributed by atoms with E-state index in [0.717, 1.165) is 4.90 Å². The summed E-state index contributed by atoms with van der Waals surface area (Å²) in [5, 5.41) is 0. The minimum absolute atomic E-state index is 0.0538. The van der Waals surface area contributed by atoms with Crippen molar-refractivity contribution in [3.8, 4) is 11.5 Å². The van der Waals surface area contributed by atoms with Crippen molar-refractivity contribution in [2.24, 2.45) is 0 Å². The molecule has 2 aromatic carbocycles. The molecule has 1 unspecified atom stereocenters. The predicted octanol–water partition coefficient (Wildman–Crippen LogP) is 7.34. The maximum atomic E-state index is 13.2. The van der Waals surface area contributed by atoms with Crippen molar-refractivity contribution < 1.29 is 32.8 Å². The third-order valence-electron chi connectivity index (χ3n) is 5.56. The fraction of sp³-hybridized carbons (Fsp3) is 0.387. The Labute approximate surface area is 258 Å². The number of carbonyl (C=O) groups excluding carboxylic acids is 2. The monoisotopic (exact) mass is 623 g/mol. The van der Waals surface area contributed by atoms with Gasteiger partial charge in [-0.15, -0.1) is 0 Å². The van der Waals surface area contributed by atoms with Crippen LogP contribution in [-0.2, 0) is 20.8 Å². The fourth-order valence-electron chi connectivity index (χ4n) is 3.82. The van der Waals surface area contributed by atoms with Gasteiger partial charge in [0.15, 0.2) is 17.0 Å². The molecule has 1 atom stereocenters. The molecule has 0 aliphatic rings. The minimum Gasteiger partial charge on any atom is -0.443 e. The lowest BCUT2D eigenvalue weighted by Gasteiger charge is -2.28. The highest BCUT2D eigenvalue weighted by molar-refractivity contribution is 7.47. The Morgan fingerprint density at radius 2 is 1.34 bits per heavy atom. The number of amides is 2. The van der Waals surface area contributed by atoms with E-state index in [4.69, 9.17) is 23.3 Å². The van der Waals surface area contributed by atoms with Crippen LogP contribution in [0.1, 0.15) is 48.5 Å². The number of nitrogens with zero attached hydrogens (tertiary/aromatic N) is 5. The van der Waals surface area contributed by atoms with E-state index in [1.165, 1.54) is 6.33 Å². The molecule has 2 aromatic heterocycles. The first-order valence-corrected chi connectivity index (χ1v) is 15.4. The van der Waals surface area contributed by atoms with Gasteiger partial charge >= 0.3 is 20.6 Å². The van der Waals surface area contributed by atoms with Gasteiger partial charge in [0, 0.05) is 0 Å². The second-order valence-electron chi connectivity index (χ2n) is 11.8. The van der Waals surface area contributed by atoms with Crippen LogP contribution in [0.4, 0.5) is 15.4 Å². The lowest BCUT2D eigenvalue weighted by atomic mass is 10.2. The van der Waals surface area contributed by atoms with Crippen molar-refractivity contribution in [3.63, 3.8) is 0 Å². The molecule has 4 aromatic rings. The molecular formula is C31H38N5O7P. The molecule has 2 heterocycles. The zero-order chi connectivity index (χ0) is 31.9. The van der Waals surface area contributed by atoms with E-state index in [0.29, 0.717) is 23.7 Å². The van der Waals surface area contributed by atoms with Crippen LogP contribution in [-0.4, -0.2) is 55.4 Å². The quantitative estimate of drug-likeness (QED) is 0.166. The van der Waals surface area contributed by atoms with Crippen molar-refractivity contribution in [1.29, 1.82) is 0 Å². The highest BCUT2D eigenvalue weighted by Crippen LogP contribution is 2.40. The molecule has 234 valence electrons. The van der Waals surface area contributed by atoms with Crippen molar-refractivity contribution in [1.82, 2.24) is 19.5 Å². The van der Waals surface area contributed by atoms with E-state index in [-0.39, 0.29) is 23.8 Å². The molecule has 12 nitrogen and oxygen atoms in total. The summed E-state index contributed by atoms with van der Waals surface area (Å²) < 4.78 is 31.1. The first-order chi connectivity index (χ1) is 20.8. The van der Waals surface area contributed by atoms with Crippen LogP contribution in [0.2, 0.25) is 0 Å². The standard InChI is InChI=1S/C31H38N5O7P/c1-22(39-21-44(42-23-14-10-8-11-15-23)43-24-16-12-9-13-17-24)18-35-20-34-25-26(35)32-19-33-27(25)36(28(37)40-30(2,3)4)29(38)41-31(5,6)7/h8-17,19-20,22H,18,21H2,1-7H3. The molecule has 0 spiro atoms. The Morgan fingerprint density at radius 3 is 1.84 bits per heavy atom. The number of hydrogen-bond donors (Lipinski definition) is 0. The molecule has 0 aliphatic heterocycles. The van der Waals surface area contributed by atoms with Crippen LogP contribution in [0.25, 0.3) is 11.2 Å². The van der Waals surface area contributed by atoms with Crippen LogP contribution in [0.15, 0.2) is 73.3 Å². The summed E-state index contributed by atoms with van der Waals surface area (Å²) in [7, 11) is -1.48. The SMILES string of the molecule is CC(Cn1cnc2c(N(C(=O)OC(C)(C)C)C(=O)OC(C)(C)C)ncnc21)OCP(Oc1ccccc1)Oc1ccccc1. The van der Waals surface area contributed by atoms with Crippen LogP contribution < -0.4 is 13.9 Å². The number of benzene rings is 2. The number of imidazole rings is 1. The third-order valence-corrected chi connectivity index (χ3v) is 6.75. The van der Waals surface area contributed by atoms with Crippen LogP contribution in [0, 0.1) is 0 Å². The summed E-state index contributed by atoms with van der Waals surface area (Å²) in [5.74, 6) is 1.30. The molecule has 0 aliphatic carbocycles. The van der Waals surface area contributed by atoms with Gasteiger partial charge in [0.25, 0.3) is 0 Å². The summed E-state index contributed by atoms with van der Waals surface area (Å²) in [5.41, 5.74) is -1.13. The molecule has 0 saturated heterocycles. The van der Waals surface area contributed by atoms with Crippen LogP contribution >= 0.6 is 8.38 Å². The van der Waals surface area contributed by atoms with Gasteiger partial charge in [-0.2, -0.15) is 4.90 Å². The van der Waals surface area contributed by atoms with E-state index >= 15 is 0 Å². The first-order valence-electron chi connectivity index (χ1n) is 14.1. The van der Waals surface area contributed by atoms with Crippen molar-refractivity contribution in [2.45, 2.75) is 72.3 Å². The zero-order valence-electron chi connectivity index (χ0n) is 26.0. The number of hydrogen-bond acceptors (Lipinski definition) is 10. The van der Waals surface area contributed by atoms with Gasteiger partial charge < -0.3 is 27.8 Å². The van der Waals surface area contributed by atoms with Gasteiger partial charge in [-0.1, -0.05) is 36.4 Å². The summed E-state index contributed by atoms with van der Waals surface area (Å²) in [6.45, 7) is 12.5. The number of anilines is 1. The summed E-state index contributed by atoms with van der Waals surface area (Å²) in [4.78, 5) is 40.1. The maximum absolute atomic E-state index is 13.2. The number of carbonyl (C=O) groups is 2. The number of ether oxygens (including phenoxy) is 3. The number of aromatic nitrogens is 4. The highest BCUT2D eigenvalue weighted by atomic mass is 31.2. The molecule has 44 heavy (non-hydrogen) atoms. The van der Waals surface area contributed by atoms with Crippen molar-refractivity contribution in [2.75, 3.05) is 11.2 Å². The van der Waals surface area contributed by atoms with E-state index in [9.17, 15) is 9.59 Å². The lowest BCUT2D eigenvalue weighted by Crippen LogP contribution is -2.44. The summed E-state index contributed by atoms with van der Waals surface area (Å²) in [6, 6.07) is 18.8. The molecule has 4 rings (SSSR count). The Morgan fingerprint density at radius 1 is 0.818 bits per heavy atom. The molecule has 0 radical (unpaired) electrons. The van der Waals surface area contributed by atoms with Crippen molar-refractivity contribution >= 4 is 37.5 Å². The minimum atomic E-state index is -1.48. The Kier molecular flexibility index (Phi) is 10.4. The molecule has 0 fully saturated rings. The van der Waals surface area contributed by atoms with Crippen molar-refractivity contribution in [3.05, 3.63) is 73.3 Å². The third kappa shape index (κ3) is 9.36. The molecule has 0 saturated carbocycles. The molecular weight excluding hydrogens is 585 g/mol. The number of fused-ring (bicyclic) bond motifs is 1. The van der Waals surface area contributed by atoms with Crippen LogP contribution in [0.3, 0.4) is 0 Å². The molecule has 2 amide bonds. The van der Waals surface area contributed by atoms with Gasteiger partial charge in [0.05, 0.1) is 19.0 Å². The van der Waals surface area contributed by atoms with E-state index < -0.39 is 31.8 Å². The zero-order valence-corrected chi connectivity index (χ0v) is 26.9. The van der Waals surface area contributed by atoms with E-state index in [2.05, 4.69) is 15.0 Å².